The standard InChI is InChI=1S/C30H40N2O3S/c1-5-12-30(3,6-2)25-19-22(10-11-26(25)33)23-15-21(16-24(18-23)35-4)17-28-27(34)20-31-29(36-28)32-13-8-7-9-14-32/h10-11,15-16,18-19,28,33H,5-9,12-14,17,20H2,1-4H3. The first-order chi connectivity index (χ1) is 17.4. The van der Waals surface area contributed by atoms with Crippen LogP contribution in [0.25, 0.3) is 11.1 Å². The van der Waals surface area contributed by atoms with Gasteiger partial charge < -0.3 is 14.7 Å². The Balaban J connectivity index is 1.61. The number of methoxy groups -OCH3 is 1. The molecule has 2 aliphatic heterocycles. The number of carbonyl (C=O) groups excluding carboxylic acids is 1. The Labute approximate surface area is 220 Å². The fourth-order valence-electron chi connectivity index (χ4n) is 5.42. The van der Waals surface area contributed by atoms with E-state index in [1.807, 2.05) is 24.3 Å². The lowest BCUT2D eigenvalue weighted by molar-refractivity contribution is -0.117. The number of piperidine rings is 1. The molecule has 0 aliphatic carbocycles. The van der Waals surface area contributed by atoms with E-state index in [-0.39, 0.29) is 23.0 Å². The Bertz CT molecular complexity index is 1110. The second-order valence-electron chi connectivity index (χ2n) is 10.4. The van der Waals surface area contributed by atoms with Crippen molar-refractivity contribution in [2.24, 2.45) is 4.99 Å². The molecular weight excluding hydrogens is 468 g/mol. The zero-order valence-electron chi connectivity index (χ0n) is 22.2. The fourth-order valence-corrected chi connectivity index (χ4v) is 6.63. The Kier molecular flexibility index (Phi) is 8.66. The van der Waals surface area contributed by atoms with Gasteiger partial charge in [-0.3, -0.25) is 9.79 Å². The van der Waals surface area contributed by atoms with E-state index < -0.39 is 0 Å². The maximum Gasteiger partial charge on any atom is 0.168 e. The van der Waals surface area contributed by atoms with Gasteiger partial charge in [-0.05, 0) is 84.9 Å². The van der Waals surface area contributed by atoms with Crippen LogP contribution in [0.3, 0.4) is 0 Å². The summed E-state index contributed by atoms with van der Waals surface area (Å²) in [6, 6.07) is 12.2. The highest BCUT2D eigenvalue weighted by molar-refractivity contribution is 8.15. The van der Waals surface area contributed by atoms with Gasteiger partial charge in [0.2, 0.25) is 0 Å². The van der Waals surface area contributed by atoms with Crippen LogP contribution in [0.2, 0.25) is 0 Å². The van der Waals surface area contributed by atoms with Gasteiger partial charge in [-0.1, -0.05) is 51.1 Å². The third-order valence-corrected chi connectivity index (χ3v) is 9.10. The number of carbonyl (C=O) groups is 1. The molecule has 0 aromatic heterocycles. The number of thioether (sulfide) groups is 1. The normalized spacial score (nSPS) is 20.1. The van der Waals surface area contributed by atoms with Crippen LogP contribution in [0, 0.1) is 0 Å². The van der Waals surface area contributed by atoms with Crippen molar-refractivity contribution >= 4 is 22.7 Å². The first-order valence-corrected chi connectivity index (χ1v) is 14.3. The number of phenols is 1. The van der Waals surface area contributed by atoms with E-state index in [0.29, 0.717) is 12.2 Å². The molecule has 4 rings (SSSR count). The van der Waals surface area contributed by atoms with Crippen molar-refractivity contribution in [1.29, 1.82) is 0 Å². The van der Waals surface area contributed by atoms with Gasteiger partial charge in [0.25, 0.3) is 0 Å². The van der Waals surface area contributed by atoms with Gasteiger partial charge in [0.1, 0.15) is 18.0 Å². The zero-order chi connectivity index (χ0) is 25.7. The first kappa shape index (κ1) is 26.6. The molecule has 5 nitrogen and oxygen atoms in total. The van der Waals surface area contributed by atoms with Gasteiger partial charge in [0.15, 0.2) is 11.0 Å². The summed E-state index contributed by atoms with van der Waals surface area (Å²) in [5.74, 6) is 1.32. The SMILES string of the molecule is CCCC(C)(CC)c1cc(-c2cc(CC3SC(N4CCCCC4)=NCC3=O)cc(OC)c2)ccc1O. The van der Waals surface area contributed by atoms with Crippen molar-refractivity contribution in [1.82, 2.24) is 4.90 Å². The molecule has 2 aromatic rings. The van der Waals surface area contributed by atoms with Gasteiger partial charge in [-0.25, -0.2) is 0 Å². The molecule has 0 radical (unpaired) electrons. The molecule has 194 valence electrons. The highest BCUT2D eigenvalue weighted by atomic mass is 32.2. The minimum Gasteiger partial charge on any atom is -0.508 e. The van der Waals surface area contributed by atoms with Crippen molar-refractivity contribution in [3.63, 3.8) is 0 Å². The summed E-state index contributed by atoms with van der Waals surface area (Å²) in [7, 11) is 1.68. The number of Topliss-reactive ketones (excluding diaryl/α,β-unsaturated/α-hetero) is 1. The van der Waals surface area contributed by atoms with Gasteiger partial charge >= 0.3 is 0 Å². The molecule has 2 aromatic carbocycles. The average Bonchev–Trinajstić information content (AvgIpc) is 2.90. The number of ether oxygens (including phenoxy) is 1. The number of amidine groups is 1. The maximum absolute atomic E-state index is 12.8. The van der Waals surface area contributed by atoms with Crippen LogP contribution in [0.1, 0.15) is 70.4 Å². The lowest BCUT2D eigenvalue weighted by Crippen LogP contribution is -2.39. The number of ketones is 1. The molecule has 0 spiro atoms. The fraction of sp³-hybridized carbons (Fsp3) is 0.533. The molecule has 0 saturated carbocycles. The van der Waals surface area contributed by atoms with Crippen LogP contribution in [-0.4, -0.2) is 53.0 Å². The van der Waals surface area contributed by atoms with E-state index in [2.05, 4.69) is 42.8 Å². The van der Waals surface area contributed by atoms with Crippen LogP contribution in [0.5, 0.6) is 11.5 Å². The van der Waals surface area contributed by atoms with Crippen LogP contribution < -0.4 is 4.74 Å². The van der Waals surface area contributed by atoms with Gasteiger partial charge in [0, 0.05) is 18.7 Å². The molecule has 2 heterocycles. The number of aliphatic imine (C=N–C) groups is 1. The predicted octanol–water partition coefficient (Wildman–Crippen LogP) is 6.60. The third-order valence-electron chi connectivity index (χ3n) is 7.79. The molecule has 36 heavy (non-hydrogen) atoms. The van der Waals surface area contributed by atoms with E-state index >= 15 is 0 Å². The molecular formula is C30H40N2O3S. The minimum absolute atomic E-state index is 0.0775. The number of hydrogen-bond donors (Lipinski definition) is 1. The summed E-state index contributed by atoms with van der Waals surface area (Å²) >= 11 is 1.62. The number of hydrogen-bond acceptors (Lipinski definition) is 6. The predicted molar refractivity (Wildman–Crippen MR) is 150 cm³/mol. The van der Waals surface area contributed by atoms with Crippen LogP contribution in [0.15, 0.2) is 41.4 Å². The molecule has 1 saturated heterocycles. The second kappa shape index (κ2) is 11.7. The van der Waals surface area contributed by atoms with Crippen LogP contribution in [-0.2, 0) is 16.6 Å². The van der Waals surface area contributed by atoms with Crippen molar-refractivity contribution in [2.45, 2.75) is 76.4 Å². The quantitative estimate of drug-likeness (QED) is 0.435. The lowest BCUT2D eigenvalue weighted by Gasteiger charge is -2.32. The number of phenolic OH excluding ortho intramolecular Hbond substituents is 1. The summed E-state index contributed by atoms with van der Waals surface area (Å²) in [6.07, 6.45) is 7.36. The number of benzene rings is 2. The number of rotatable bonds is 8. The summed E-state index contributed by atoms with van der Waals surface area (Å²) in [6.45, 7) is 8.96. The maximum atomic E-state index is 12.8. The van der Waals surface area contributed by atoms with Gasteiger partial charge in [-0.15, -0.1) is 0 Å². The largest absolute Gasteiger partial charge is 0.508 e. The van der Waals surface area contributed by atoms with Crippen molar-refractivity contribution in [3.8, 4) is 22.6 Å². The van der Waals surface area contributed by atoms with Crippen LogP contribution >= 0.6 is 11.8 Å². The summed E-state index contributed by atoms with van der Waals surface area (Å²) < 4.78 is 5.66. The summed E-state index contributed by atoms with van der Waals surface area (Å²) in [5, 5.41) is 11.6. The van der Waals surface area contributed by atoms with Crippen molar-refractivity contribution in [3.05, 3.63) is 47.5 Å². The van der Waals surface area contributed by atoms with E-state index in [1.165, 1.54) is 19.3 Å². The molecule has 2 aliphatic rings. The van der Waals surface area contributed by atoms with Crippen molar-refractivity contribution in [2.75, 3.05) is 26.7 Å². The Morgan fingerprint density at radius 3 is 2.58 bits per heavy atom. The minimum atomic E-state index is -0.136. The number of nitrogens with zero attached hydrogens (tertiary/aromatic N) is 2. The third kappa shape index (κ3) is 5.91. The topological polar surface area (TPSA) is 62.1 Å². The Hall–Kier alpha value is -2.47. The Morgan fingerprint density at radius 1 is 1.11 bits per heavy atom. The zero-order valence-corrected chi connectivity index (χ0v) is 23.0. The summed E-state index contributed by atoms with van der Waals surface area (Å²) in [4.78, 5) is 19.8. The summed E-state index contributed by atoms with van der Waals surface area (Å²) in [5.41, 5.74) is 4.09. The van der Waals surface area contributed by atoms with Gasteiger partial charge in [0.05, 0.1) is 12.4 Å². The first-order valence-electron chi connectivity index (χ1n) is 13.4. The molecule has 0 amide bonds. The molecule has 0 bridgehead atoms. The second-order valence-corrected chi connectivity index (χ2v) is 11.6. The smallest absolute Gasteiger partial charge is 0.168 e. The molecule has 1 fully saturated rings. The van der Waals surface area contributed by atoms with Gasteiger partial charge in [-0.2, -0.15) is 0 Å². The number of aromatic hydroxyl groups is 1. The molecule has 6 heteroatoms. The molecule has 1 N–H and O–H groups in total. The van der Waals surface area contributed by atoms with E-state index in [1.54, 1.807) is 18.9 Å². The van der Waals surface area contributed by atoms with Crippen LogP contribution in [0.4, 0.5) is 0 Å². The van der Waals surface area contributed by atoms with E-state index in [0.717, 1.165) is 65.5 Å². The average molecular weight is 509 g/mol. The highest BCUT2D eigenvalue weighted by Crippen LogP contribution is 2.40. The molecule has 2 atom stereocenters. The number of likely N-dealkylation sites (tertiary alicyclic amines) is 1. The van der Waals surface area contributed by atoms with E-state index in [4.69, 9.17) is 4.74 Å². The Morgan fingerprint density at radius 2 is 1.89 bits per heavy atom. The highest BCUT2D eigenvalue weighted by Gasteiger charge is 2.30. The monoisotopic (exact) mass is 508 g/mol. The molecule has 2 unspecified atom stereocenters. The van der Waals surface area contributed by atoms with Crippen molar-refractivity contribution < 1.29 is 14.6 Å². The van der Waals surface area contributed by atoms with E-state index in [9.17, 15) is 9.90 Å². The lowest BCUT2D eigenvalue weighted by atomic mass is 9.75.